The van der Waals surface area contributed by atoms with Crippen molar-refractivity contribution in [1.29, 1.82) is 0 Å². The van der Waals surface area contributed by atoms with Crippen molar-refractivity contribution >= 4 is 34.5 Å². The van der Waals surface area contributed by atoms with Crippen molar-refractivity contribution in [2.24, 2.45) is 17.3 Å². The van der Waals surface area contributed by atoms with Crippen molar-refractivity contribution in [1.82, 2.24) is 40.4 Å². The molecule has 17 heteroatoms. The highest BCUT2D eigenvalue weighted by molar-refractivity contribution is 5.97. The molecule has 2 aromatic carbocycles. The van der Waals surface area contributed by atoms with Crippen LogP contribution in [0.4, 0.5) is 0 Å². The number of carbonyl (C=O) groups excluding carboxylic acids is 4. The predicted molar refractivity (Wildman–Crippen MR) is 268 cm³/mol. The van der Waals surface area contributed by atoms with Crippen molar-refractivity contribution in [2.75, 3.05) is 34.4 Å². The van der Waals surface area contributed by atoms with E-state index in [0.717, 1.165) is 83.1 Å². The topological polar surface area (TPSA) is 201 Å². The van der Waals surface area contributed by atoms with Crippen LogP contribution in [0.25, 0.3) is 33.3 Å². The lowest BCUT2D eigenvalue weighted by Crippen LogP contribution is -2.63. The van der Waals surface area contributed by atoms with Gasteiger partial charge in [0.1, 0.15) is 29.9 Å². The van der Waals surface area contributed by atoms with Gasteiger partial charge in [0.2, 0.25) is 22.6 Å². The van der Waals surface area contributed by atoms with E-state index < -0.39 is 41.5 Å². The normalized spacial score (nSPS) is 23.9. The number of fused-ring (bicyclic) bond motifs is 6. The Morgan fingerprint density at radius 2 is 1.77 bits per heavy atom. The van der Waals surface area contributed by atoms with Crippen LogP contribution < -0.4 is 16.1 Å². The average molecular weight is 975 g/mol. The molecule has 17 nitrogen and oxygen atoms in total. The smallest absolute Gasteiger partial charge is 0.326 e. The average Bonchev–Trinajstić information content (AvgIpc) is 4.29. The molecule has 0 unspecified atom stereocenters. The number of amides is 4. The molecule has 2 aliphatic carbocycles. The lowest BCUT2D eigenvalue weighted by atomic mass is 9.84. The number of nitrogens with zero attached hydrogens (tertiary/aromatic N) is 6. The van der Waals surface area contributed by atoms with Crippen LogP contribution in [0, 0.1) is 22.2 Å². The van der Waals surface area contributed by atoms with Crippen molar-refractivity contribution in [3.05, 3.63) is 76.5 Å². The van der Waals surface area contributed by atoms with E-state index in [4.69, 9.17) is 14.6 Å². The minimum atomic E-state index is -1.17. The molecule has 4 aromatic rings. The first-order chi connectivity index (χ1) is 34.0. The number of aromatic nitrogens is 2. The Hall–Kier alpha value is -5.91. The summed E-state index contributed by atoms with van der Waals surface area (Å²) in [5.41, 5.74) is 9.52. The van der Waals surface area contributed by atoms with Gasteiger partial charge in [-0.1, -0.05) is 38.8 Å². The molecule has 2 saturated carbocycles. The van der Waals surface area contributed by atoms with Gasteiger partial charge in [0, 0.05) is 81.3 Å². The number of carbonyl (C=O) groups is 4. The van der Waals surface area contributed by atoms with Crippen LogP contribution in [0.1, 0.15) is 109 Å². The number of phenols is 1. The van der Waals surface area contributed by atoms with Gasteiger partial charge in [0.15, 0.2) is 6.61 Å². The second kappa shape index (κ2) is 20.3. The van der Waals surface area contributed by atoms with E-state index in [1.54, 1.807) is 46.5 Å². The second-order valence-electron chi connectivity index (χ2n) is 21.5. The van der Waals surface area contributed by atoms with E-state index >= 15 is 0 Å². The van der Waals surface area contributed by atoms with Crippen molar-refractivity contribution in [3.63, 3.8) is 0 Å². The molecule has 0 radical (unpaired) electrons. The summed E-state index contributed by atoms with van der Waals surface area (Å²) >= 11 is 0. The molecule has 71 heavy (non-hydrogen) atoms. The number of nitrogens with one attached hydrogen (secondary N) is 3. The number of methoxy groups -OCH3 is 1. The number of rotatable bonds is 12. The van der Waals surface area contributed by atoms with Crippen molar-refractivity contribution in [2.45, 2.75) is 148 Å². The minimum Gasteiger partial charge on any atom is -0.508 e. The van der Waals surface area contributed by atoms with Crippen molar-refractivity contribution < 1.29 is 38.8 Å². The molecule has 5 aliphatic rings. The molecular formula is C54H72N9O8+. The van der Waals surface area contributed by atoms with Gasteiger partial charge in [-0.25, -0.2) is 4.84 Å². The van der Waals surface area contributed by atoms with E-state index in [0.29, 0.717) is 42.2 Å². The van der Waals surface area contributed by atoms with Gasteiger partial charge in [0.05, 0.1) is 22.4 Å². The Kier molecular flexibility index (Phi) is 14.3. The SMILES string of the molecule is CCn1c(-c2cccnc2[C@H](C)OC)c2c3cc(ccc31)-c1cc(O)cc(c1)C[C@H](NC(=O)[C@H](C1CCCC1)N(C)C(=O)[C@H](C)N(C)C(=O)[C@@H]1N[C@@H]1C1CC1)C(=O)N1CCC[C@H](N1)[N+](=O)OCC(C)(C)C2. The van der Waals surface area contributed by atoms with Gasteiger partial charge in [-0.3, -0.25) is 34.5 Å². The molecule has 3 aliphatic heterocycles. The standard InChI is InChI=1S/C54H71N9O8/c1-9-61-43-21-20-36-28-40(43)41(49(61)39-16-12-22-55-45(39)32(3)70-8)29-54(4,5)30-71-63(69)44-17-13-23-62(58-44)52(67)42(26-33-24-37(36)27-38(64)25-33)56-50(65)48(35-14-10-11-15-35)60(7)51(66)31(2)59(6)53(68)47-46(57-47)34-18-19-34/h12,16,20-22,24-25,27-28,31-32,34-35,42,44,46-48,57-58H,9-11,13-15,17-19,23,26,29-30H2,1-8H3,(H-,56,64,65)/p+1/t31-,32-,42-,44+,46+,47+,48-/m0/s1. The van der Waals surface area contributed by atoms with Gasteiger partial charge in [-0.05, 0) is 130 Å². The summed E-state index contributed by atoms with van der Waals surface area (Å²) in [5, 5.41) is 20.2. The van der Waals surface area contributed by atoms with Gasteiger partial charge in [0.25, 0.3) is 5.91 Å². The molecule has 380 valence electrons. The van der Waals surface area contributed by atoms with Crippen LogP contribution in [-0.2, 0) is 48.1 Å². The number of aryl methyl sites for hydroxylation is 1. The third-order valence-corrected chi connectivity index (χ3v) is 15.8. The number of pyridine rings is 1. The van der Waals surface area contributed by atoms with Gasteiger partial charge >= 0.3 is 6.17 Å². The van der Waals surface area contributed by atoms with E-state index in [9.17, 15) is 29.2 Å². The summed E-state index contributed by atoms with van der Waals surface area (Å²) in [6, 6.07) is 12.5. The van der Waals surface area contributed by atoms with Crippen LogP contribution >= 0.6 is 0 Å². The Bertz CT molecular complexity index is 2690. The van der Waals surface area contributed by atoms with Crippen LogP contribution in [0.3, 0.4) is 0 Å². The molecule has 5 heterocycles. The van der Waals surface area contributed by atoms with Crippen LogP contribution in [0.2, 0.25) is 0 Å². The maximum absolute atomic E-state index is 15.0. The number of aromatic hydroxyl groups is 1. The summed E-state index contributed by atoms with van der Waals surface area (Å²) in [6.45, 7) is 10.9. The second-order valence-corrected chi connectivity index (χ2v) is 21.5. The molecule has 7 atom stereocenters. The zero-order valence-electron chi connectivity index (χ0n) is 42.6. The molecular weight excluding hydrogens is 903 g/mol. The van der Waals surface area contributed by atoms with Crippen LogP contribution in [0.5, 0.6) is 5.75 Å². The summed E-state index contributed by atoms with van der Waals surface area (Å²) in [6.07, 6.45) is 7.45. The fourth-order valence-corrected chi connectivity index (χ4v) is 11.5. The molecule has 4 amide bonds. The van der Waals surface area contributed by atoms with Gasteiger partial charge in [-0.15, -0.1) is 0 Å². The Morgan fingerprint density at radius 3 is 2.49 bits per heavy atom. The molecule has 9 rings (SSSR count). The van der Waals surface area contributed by atoms with Gasteiger partial charge in [-0.2, -0.15) is 5.43 Å². The zero-order chi connectivity index (χ0) is 50.5. The summed E-state index contributed by atoms with van der Waals surface area (Å²) in [5.74, 6) is -1.13. The highest BCUT2D eigenvalue weighted by atomic mass is 16.8. The summed E-state index contributed by atoms with van der Waals surface area (Å²) < 4.78 is 8.12. The molecule has 0 spiro atoms. The predicted octanol–water partition coefficient (Wildman–Crippen LogP) is 6.19. The highest BCUT2D eigenvalue weighted by Gasteiger charge is 2.53. The molecule has 4 fully saturated rings. The molecule has 2 saturated heterocycles. The van der Waals surface area contributed by atoms with E-state index in [1.165, 1.54) is 14.8 Å². The lowest BCUT2D eigenvalue weighted by molar-refractivity contribution is -0.835. The van der Waals surface area contributed by atoms with Crippen LogP contribution in [-0.4, -0.2) is 129 Å². The highest BCUT2D eigenvalue weighted by Crippen LogP contribution is 2.43. The van der Waals surface area contributed by atoms with E-state index in [1.807, 2.05) is 25.1 Å². The van der Waals surface area contributed by atoms with E-state index in [-0.39, 0.29) is 61.2 Å². The Morgan fingerprint density at radius 1 is 1.01 bits per heavy atom. The lowest BCUT2D eigenvalue weighted by Gasteiger charge is -2.37. The van der Waals surface area contributed by atoms with Crippen molar-refractivity contribution in [3.8, 4) is 28.1 Å². The number of hydrogen-bond donors (Lipinski definition) is 4. The first kappa shape index (κ1) is 50.0. The first-order valence-corrected chi connectivity index (χ1v) is 25.7. The Balaban J connectivity index is 1.09. The fraction of sp³-hybridized carbons (Fsp3) is 0.574. The quantitative estimate of drug-likeness (QED) is 0.118. The Labute approximate surface area is 416 Å². The number of hydrogen-bond acceptors (Lipinski definition) is 11. The first-order valence-electron chi connectivity index (χ1n) is 25.7. The monoisotopic (exact) mass is 975 g/mol. The molecule has 6 bridgehead atoms. The number of benzene rings is 2. The zero-order valence-corrected chi connectivity index (χ0v) is 42.6. The number of hydrazine groups is 1. The number of phenolic OH excluding ortho intramolecular Hbond substituents is 1. The summed E-state index contributed by atoms with van der Waals surface area (Å²) in [7, 11) is 4.93. The maximum Gasteiger partial charge on any atom is 0.326 e. The maximum atomic E-state index is 15.0. The summed E-state index contributed by atoms with van der Waals surface area (Å²) in [4.78, 5) is 86.1. The van der Waals surface area contributed by atoms with Crippen LogP contribution in [0.15, 0.2) is 54.7 Å². The molecule has 4 N–H and O–H groups in total. The largest absolute Gasteiger partial charge is 0.508 e. The van der Waals surface area contributed by atoms with Gasteiger partial charge < -0.3 is 29.5 Å². The minimum absolute atomic E-state index is 0.00627. The number of ether oxygens (including phenoxy) is 1. The third-order valence-electron chi connectivity index (χ3n) is 15.8. The fourth-order valence-electron chi connectivity index (χ4n) is 11.5. The third kappa shape index (κ3) is 10.3. The van der Waals surface area contributed by atoms with E-state index in [2.05, 4.69) is 59.6 Å². The molecule has 2 aromatic heterocycles. The number of likely N-dealkylation sites (N-methyl/N-ethyl adjacent to an activating group) is 2.